The second-order valence-electron chi connectivity index (χ2n) is 11.3. The summed E-state index contributed by atoms with van der Waals surface area (Å²) < 4.78 is 72.4. The van der Waals surface area contributed by atoms with E-state index in [1.54, 1.807) is 6.07 Å². The van der Waals surface area contributed by atoms with Crippen LogP contribution in [0.2, 0.25) is 0 Å². The van der Waals surface area contributed by atoms with E-state index in [1.807, 2.05) is 11.8 Å². The highest BCUT2D eigenvalue weighted by molar-refractivity contribution is 5.85. The first kappa shape index (κ1) is 27.9. The Morgan fingerprint density at radius 1 is 1.13 bits per heavy atom. The summed E-state index contributed by atoms with van der Waals surface area (Å²) in [4.78, 5) is 7.20. The third kappa shape index (κ3) is 5.78. The number of aliphatic hydroxyl groups excluding tert-OH is 1. The molecule has 1 aromatic heterocycles. The number of halogens is 5. The van der Waals surface area contributed by atoms with Crippen LogP contribution in [0.4, 0.5) is 27.6 Å². The van der Waals surface area contributed by atoms with Gasteiger partial charge in [0.1, 0.15) is 23.1 Å². The van der Waals surface area contributed by atoms with Gasteiger partial charge in [0.25, 0.3) is 0 Å². The van der Waals surface area contributed by atoms with Crippen molar-refractivity contribution in [2.75, 3.05) is 44.8 Å². The number of anilines is 1. The fourth-order valence-electron chi connectivity index (χ4n) is 5.98. The summed E-state index contributed by atoms with van der Waals surface area (Å²) in [6.45, 7) is 4.01. The zero-order valence-electron chi connectivity index (χ0n) is 22.2. The Labute approximate surface area is 225 Å². The van der Waals surface area contributed by atoms with Gasteiger partial charge in [0, 0.05) is 60.1 Å². The highest BCUT2D eigenvalue weighted by Crippen LogP contribution is 2.41. The zero-order chi connectivity index (χ0) is 27.9. The number of fused-ring (bicyclic) bond motifs is 3. The molecule has 39 heavy (non-hydrogen) atoms. The molecule has 2 aliphatic rings. The second kappa shape index (κ2) is 11.1. The van der Waals surface area contributed by atoms with Gasteiger partial charge in [0.2, 0.25) is 0 Å². The van der Waals surface area contributed by atoms with Gasteiger partial charge in [-0.3, -0.25) is 14.2 Å². The molecular formula is C29H35F5N4O. The maximum absolute atomic E-state index is 15.4. The maximum atomic E-state index is 15.4. The van der Waals surface area contributed by atoms with Crippen LogP contribution in [0.3, 0.4) is 0 Å². The minimum atomic E-state index is -1.92. The Hall–Kier alpha value is -2.69. The standard InChI is InChI=1S/C29H35F5N4O/c1-17-8-22-21-9-18(31)4-5-26(21)36-28(22)27(38(17)15-29(2,34)16-39)12-23-24(32)10-19(11-25(23)33)35-20-13-37(14-20)7-3-6-30/h4-5,9-11,17,20,27,35-36,39H,3,6-8,12-16H2,1-2H3/t17-,27-,29-/m1/s1. The lowest BCUT2D eigenvalue weighted by atomic mass is 9.87. The molecule has 0 radical (unpaired) electrons. The van der Waals surface area contributed by atoms with E-state index in [-0.39, 0.29) is 43.1 Å². The van der Waals surface area contributed by atoms with Crippen molar-refractivity contribution < 1.29 is 27.1 Å². The van der Waals surface area contributed by atoms with Crippen LogP contribution in [0.1, 0.15) is 43.1 Å². The Morgan fingerprint density at radius 3 is 2.51 bits per heavy atom. The van der Waals surface area contributed by atoms with Gasteiger partial charge in [0.05, 0.1) is 25.4 Å². The number of likely N-dealkylation sites (tertiary alicyclic amines) is 1. The number of alkyl halides is 2. The third-order valence-corrected chi connectivity index (χ3v) is 8.02. The van der Waals surface area contributed by atoms with Crippen molar-refractivity contribution in [3.63, 3.8) is 0 Å². The van der Waals surface area contributed by atoms with E-state index in [0.29, 0.717) is 54.8 Å². The van der Waals surface area contributed by atoms with Crippen molar-refractivity contribution in [2.45, 2.75) is 56.9 Å². The SMILES string of the molecule is C[C@@H]1Cc2c([nH]c3ccc(F)cc23)[C@@H](Cc2c(F)cc(NC3CN(CCCF)C3)cc2F)N1C[C@@](C)(F)CO. The van der Waals surface area contributed by atoms with Crippen LogP contribution >= 0.6 is 0 Å². The van der Waals surface area contributed by atoms with Gasteiger partial charge in [0.15, 0.2) is 0 Å². The number of hydrogen-bond donors (Lipinski definition) is 3. The summed E-state index contributed by atoms with van der Waals surface area (Å²) in [5, 5.41) is 13.5. The molecule has 0 amide bonds. The largest absolute Gasteiger partial charge is 0.393 e. The van der Waals surface area contributed by atoms with E-state index in [4.69, 9.17) is 0 Å². The fraction of sp³-hybridized carbons (Fsp3) is 0.517. The van der Waals surface area contributed by atoms with Crippen LogP contribution < -0.4 is 5.32 Å². The van der Waals surface area contributed by atoms with Gasteiger partial charge in [-0.1, -0.05) is 0 Å². The highest BCUT2D eigenvalue weighted by atomic mass is 19.2. The number of hydrogen-bond acceptors (Lipinski definition) is 4. The minimum absolute atomic E-state index is 0.0268. The van der Waals surface area contributed by atoms with Crippen molar-refractivity contribution in [3.05, 3.63) is 64.6 Å². The van der Waals surface area contributed by atoms with E-state index in [0.717, 1.165) is 5.56 Å². The lowest BCUT2D eigenvalue weighted by molar-refractivity contribution is 0.00903. The van der Waals surface area contributed by atoms with Crippen molar-refractivity contribution in [1.82, 2.24) is 14.8 Å². The number of benzene rings is 2. The predicted octanol–water partition coefficient (Wildman–Crippen LogP) is 5.29. The predicted molar refractivity (Wildman–Crippen MR) is 142 cm³/mol. The highest BCUT2D eigenvalue weighted by Gasteiger charge is 2.40. The van der Waals surface area contributed by atoms with Gasteiger partial charge in [-0.2, -0.15) is 0 Å². The first-order valence-electron chi connectivity index (χ1n) is 13.5. The summed E-state index contributed by atoms with van der Waals surface area (Å²) >= 11 is 0. The average molecular weight is 551 g/mol. The monoisotopic (exact) mass is 550 g/mol. The molecule has 2 aliphatic heterocycles. The molecule has 5 nitrogen and oxygen atoms in total. The number of H-pyrrole nitrogens is 1. The van der Waals surface area contributed by atoms with Crippen LogP contribution in [0.25, 0.3) is 10.9 Å². The first-order chi connectivity index (χ1) is 18.6. The zero-order valence-corrected chi connectivity index (χ0v) is 22.2. The number of aromatic amines is 1. The van der Waals surface area contributed by atoms with Crippen LogP contribution in [0.15, 0.2) is 30.3 Å². The normalized spacial score (nSPS) is 22.1. The van der Waals surface area contributed by atoms with Crippen molar-refractivity contribution >= 4 is 16.6 Å². The van der Waals surface area contributed by atoms with Gasteiger partial charge in [-0.25, -0.2) is 17.6 Å². The average Bonchev–Trinajstić information content (AvgIpc) is 3.21. The molecule has 3 aromatic rings. The number of nitrogens with zero attached hydrogens (tertiary/aromatic N) is 2. The number of aromatic nitrogens is 1. The van der Waals surface area contributed by atoms with Crippen LogP contribution in [0.5, 0.6) is 0 Å². The molecule has 10 heteroatoms. The van der Waals surface area contributed by atoms with Crippen molar-refractivity contribution in [3.8, 4) is 0 Å². The molecule has 0 spiro atoms. The Bertz CT molecular complexity index is 1300. The van der Waals surface area contributed by atoms with Crippen LogP contribution in [-0.2, 0) is 12.8 Å². The molecule has 3 heterocycles. The van der Waals surface area contributed by atoms with E-state index in [1.165, 1.54) is 31.2 Å². The lowest BCUT2D eigenvalue weighted by Crippen LogP contribution is -2.54. The molecule has 3 atom stereocenters. The summed E-state index contributed by atoms with van der Waals surface area (Å²) in [5.74, 6) is -1.80. The quantitative estimate of drug-likeness (QED) is 0.300. The summed E-state index contributed by atoms with van der Waals surface area (Å²) in [6.07, 6.45) is 0.884. The summed E-state index contributed by atoms with van der Waals surface area (Å²) in [5.41, 5.74) is 0.510. The van der Waals surface area contributed by atoms with E-state index in [2.05, 4.69) is 15.2 Å². The summed E-state index contributed by atoms with van der Waals surface area (Å²) in [6, 6.07) is 6.14. The van der Waals surface area contributed by atoms with Gasteiger partial charge in [-0.15, -0.1) is 0 Å². The number of rotatable bonds is 10. The Morgan fingerprint density at radius 2 is 1.85 bits per heavy atom. The molecule has 0 unspecified atom stereocenters. The summed E-state index contributed by atoms with van der Waals surface area (Å²) in [7, 11) is 0. The molecule has 0 aliphatic carbocycles. The molecule has 5 rings (SSSR count). The lowest BCUT2D eigenvalue weighted by Gasteiger charge is -2.43. The fourth-order valence-corrected chi connectivity index (χ4v) is 5.98. The molecule has 2 aromatic carbocycles. The molecule has 0 bridgehead atoms. The molecule has 0 saturated carbocycles. The molecule has 1 saturated heterocycles. The molecule has 3 N–H and O–H groups in total. The molecule has 1 fully saturated rings. The minimum Gasteiger partial charge on any atom is -0.393 e. The topological polar surface area (TPSA) is 54.5 Å². The third-order valence-electron chi connectivity index (χ3n) is 8.02. The number of nitrogens with one attached hydrogen (secondary N) is 2. The van der Waals surface area contributed by atoms with Gasteiger partial charge in [-0.05, 0) is 69.0 Å². The molecule has 212 valence electrons. The van der Waals surface area contributed by atoms with Gasteiger partial charge < -0.3 is 15.4 Å². The maximum Gasteiger partial charge on any atom is 0.143 e. The van der Waals surface area contributed by atoms with E-state index >= 15 is 13.2 Å². The van der Waals surface area contributed by atoms with Crippen LogP contribution in [-0.4, -0.2) is 77.1 Å². The van der Waals surface area contributed by atoms with Crippen molar-refractivity contribution in [1.29, 1.82) is 0 Å². The van der Waals surface area contributed by atoms with Crippen molar-refractivity contribution in [2.24, 2.45) is 0 Å². The Kier molecular flexibility index (Phi) is 7.90. The first-order valence-corrected chi connectivity index (χ1v) is 13.5. The van der Waals surface area contributed by atoms with Gasteiger partial charge >= 0.3 is 0 Å². The van der Waals surface area contributed by atoms with E-state index < -0.39 is 30.0 Å². The molecular weight excluding hydrogens is 515 g/mol. The smallest absolute Gasteiger partial charge is 0.143 e. The second-order valence-corrected chi connectivity index (χ2v) is 11.3. The number of aliphatic hydroxyl groups is 1. The Balaban J connectivity index is 1.43. The van der Waals surface area contributed by atoms with E-state index in [9.17, 15) is 13.9 Å². The van der Waals surface area contributed by atoms with Crippen LogP contribution in [0, 0.1) is 17.5 Å².